The van der Waals surface area contributed by atoms with Crippen molar-refractivity contribution in [1.82, 2.24) is 0 Å². The third kappa shape index (κ3) is 2.98. The van der Waals surface area contributed by atoms with Crippen molar-refractivity contribution in [2.45, 2.75) is 27.2 Å². The smallest absolute Gasteiger partial charge is 0.212 e. The second kappa shape index (κ2) is 6.55. The predicted octanol–water partition coefficient (Wildman–Crippen LogP) is 6.14. The Bertz CT molecular complexity index is 1210. The lowest BCUT2D eigenvalue weighted by Crippen LogP contribution is -2.30. The fourth-order valence-corrected chi connectivity index (χ4v) is 3.79. The lowest BCUT2D eigenvalue weighted by atomic mass is 9.98. The molecule has 2 heterocycles. The van der Waals surface area contributed by atoms with E-state index < -0.39 is 0 Å². The molecule has 2 aromatic carbocycles. The number of aromatic nitrogens is 1. The molecular weight excluding hydrogens is 332 g/mol. The molecule has 3 heteroatoms. The summed E-state index contributed by atoms with van der Waals surface area (Å²) in [5.74, 6) is 0.499. The molecule has 0 aliphatic heterocycles. The van der Waals surface area contributed by atoms with E-state index in [-0.39, 0.29) is 0 Å². The summed E-state index contributed by atoms with van der Waals surface area (Å²) in [5, 5.41) is 2.08. The Morgan fingerprint density at radius 3 is 2.52 bits per heavy atom. The molecule has 0 fully saturated rings. The van der Waals surface area contributed by atoms with E-state index in [4.69, 9.17) is 11.0 Å². The topological polar surface area (TPSA) is 21.4 Å². The van der Waals surface area contributed by atoms with Crippen LogP contribution in [-0.2, 0) is 13.5 Å². The Balaban J connectivity index is 1.99. The van der Waals surface area contributed by atoms with Gasteiger partial charge in [0, 0.05) is 28.5 Å². The van der Waals surface area contributed by atoms with Gasteiger partial charge >= 0.3 is 0 Å². The van der Waals surface area contributed by atoms with Crippen LogP contribution in [0.3, 0.4) is 0 Å². The van der Waals surface area contributed by atoms with Crippen molar-refractivity contribution >= 4 is 27.6 Å². The molecule has 0 unspecified atom stereocenters. The molecule has 0 N–H and O–H groups in total. The zero-order valence-corrected chi connectivity index (χ0v) is 16.2. The van der Waals surface area contributed by atoms with Crippen LogP contribution in [0.25, 0.3) is 38.0 Å². The molecule has 27 heavy (non-hydrogen) atoms. The van der Waals surface area contributed by atoms with Crippen molar-refractivity contribution in [3.8, 4) is 11.3 Å². The molecular formula is C24H23N2O+. The molecule has 134 valence electrons. The van der Waals surface area contributed by atoms with E-state index in [1.807, 2.05) is 12.1 Å². The normalized spacial score (nSPS) is 11.4. The van der Waals surface area contributed by atoms with Crippen LogP contribution in [0, 0.1) is 19.4 Å². The van der Waals surface area contributed by atoms with E-state index in [1.165, 1.54) is 11.1 Å². The lowest BCUT2D eigenvalue weighted by Gasteiger charge is -2.07. The van der Waals surface area contributed by atoms with Crippen LogP contribution >= 0.6 is 0 Å². The average Bonchev–Trinajstić information content (AvgIpc) is 2.96. The Kier molecular flexibility index (Phi) is 4.20. The van der Waals surface area contributed by atoms with Gasteiger partial charge in [-0.05, 0) is 60.7 Å². The number of furan rings is 1. The summed E-state index contributed by atoms with van der Waals surface area (Å²) in [6.07, 6.45) is 2.94. The lowest BCUT2D eigenvalue weighted by molar-refractivity contribution is -0.660. The summed E-state index contributed by atoms with van der Waals surface area (Å²) in [5.41, 5.74) is 7.06. The number of hydrogen-bond acceptors (Lipinski definition) is 1. The van der Waals surface area contributed by atoms with Crippen molar-refractivity contribution in [2.24, 2.45) is 13.0 Å². The van der Waals surface area contributed by atoms with Crippen LogP contribution in [0.2, 0.25) is 0 Å². The highest BCUT2D eigenvalue weighted by Gasteiger charge is 2.17. The molecule has 2 aromatic heterocycles. The molecule has 4 rings (SSSR count). The van der Waals surface area contributed by atoms with Crippen LogP contribution in [0.1, 0.15) is 25.0 Å². The summed E-state index contributed by atoms with van der Waals surface area (Å²) >= 11 is 0. The highest BCUT2D eigenvalue weighted by atomic mass is 16.3. The number of aryl methyl sites for hydroxylation is 2. The van der Waals surface area contributed by atoms with Crippen molar-refractivity contribution in [2.75, 3.05) is 0 Å². The van der Waals surface area contributed by atoms with Gasteiger partial charge in [0.15, 0.2) is 11.9 Å². The number of hydrogen-bond donors (Lipinski definition) is 0. The maximum Gasteiger partial charge on any atom is 0.212 e. The van der Waals surface area contributed by atoms with Gasteiger partial charge in [0.25, 0.3) is 0 Å². The van der Waals surface area contributed by atoms with Crippen molar-refractivity contribution in [3.63, 3.8) is 0 Å². The first-order valence-corrected chi connectivity index (χ1v) is 9.30. The quantitative estimate of drug-likeness (QED) is 0.320. The predicted molar refractivity (Wildman–Crippen MR) is 110 cm³/mol. The summed E-state index contributed by atoms with van der Waals surface area (Å²) in [6, 6.07) is 14.6. The molecule has 3 nitrogen and oxygen atoms in total. The maximum absolute atomic E-state index is 7.60. The van der Waals surface area contributed by atoms with Crippen LogP contribution in [0.5, 0.6) is 0 Å². The third-order valence-electron chi connectivity index (χ3n) is 5.10. The SMILES string of the molecule is [C-]#[N+]c1cc2c(cc1CC(C)C)oc1cc(C)c(-c3cccc[n+]3C)cc12. The van der Waals surface area contributed by atoms with Gasteiger partial charge in [0.2, 0.25) is 5.69 Å². The Morgan fingerprint density at radius 2 is 1.81 bits per heavy atom. The number of pyridine rings is 1. The minimum absolute atomic E-state index is 0.499. The molecule has 0 radical (unpaired) electrons. The van der Waals surface area contributed by atoms with E-state index in [1.54, 1.807) is 0 Å². The van der Waals surface area contributed by atoms with Crippen LogP contribution < -0.4 is 4.57 Å². The zero-order valence-electron chi connectivity index (χ0n) is 16.2. The van der Waals surface area contributed by atoms with Crippen molar-refractivity contribution in [1.29, 1.82) is 0 Å². The van der Waals surface area contributed by atoms with E-state index in [0.29, 0.717) is 5.92 Å². The minimum Gasteiger partial charge on any atom is -0.456 e. The molecule has 0 aliphatic rings. The van der Waals surface area contributed by atoms with Crippen LogP contribution in [0.15, 0.2) is 53.1 Å². The van der Waals surface area contributed by atoms with Gasteiger partial charge in [-0.25, -0.2) is 9.41 Å². The molecule has 0 amide bonds. The Morgan fingerprint density at radius 1 is 1.07 bits per heavy atom. The fraction of sp³-hybridized carbons (Fsp3) is 0.250. The largest absolute Gasteiger partial charge is 0.456 e. The van der Waals surface area contributed by atoms with Gasteiger partial charge in [-0.15, -0.1) is 0 Å². The van der Waals surface area contributed by atoms with Gasteiger partial charge in [0.05, 0.1) is 6.57 Å². The molecule has 0 saturated carbocycles. The standard InChI is InChI=1S/C24H23N2O/c1-15(2)10-17-12-24-20(14-21(17)25-4)19-13-18(16(3)11-23(19)27-24)22-8-6-7-9-26(22)5/h6-9,11-15H,10H2,1-3,5H3/q+1. The van der Waals surface area contributed by atoms with Crippen molar-refractivity contribution < 1.29 is 8.98 Å². The first kappa shape index (κ1) is 17.3. The molecule has 0 bridgehead atoms. The number of nitrogens with zero attached hydrogens (tertiary/aromatic N) is 2. The van der Waals surface area contributed by atoms with E-state index in [0.717, 1.165) is 45.3 Å². The van der Waals surface area contributed by atoms with Gasteiger partial charge in [-0.3, -0.25) is 0 Å². The van der Waals surface area contributed by atoms with Gasteiger partial charge in [-0.1, -0.05) is 13.8 Å². The summed E-state index contributed by atoms with van der Waals surface area (Å²) in [4.78, 5) is 3.78. The van der Waals surface area contributed by atoms with E-state index >= 15 is 0 Å². The fourth-order valence-electron chi connectivity index (χ4n) is 3.79. The molecule has 0 saturated heterocycles. The van der Waals surface area contributed by atoms with E-state index in [2.05, 4.69) is 73.8 Å². The summed E-state index contributed by atoms with van der Waals surface area (Å²) < 4.78 is 8.29. The van der Waals surface area contributed by atoms with Gasteiger partial charge in [-0.2, -0.15) is 0 Å². The molecule has 4 aromatic rings. The first-order valence-electron chi connectivity index (χ1n) is 9.30. The summed E-state index contributed by atoms with van der Waals surface area (Å²) in [6.45, 7) is 14.1. The number of rotatable bonds is 3. The second-order valence-electron chi connectivity index (χ2n) is 7.65. The first-order chi connectivity index (χ1) is 13.0. The highest BCUT2D eigenvalue weighted by molar-refractivity contribution is 6.08. The second-order valence-corrected chi connectivity index (χ2v) is 7.65. The average molecular weight is 355 g/mol. The zero-order chi connectivity index (χ0) is 19.1. The van der Waals surface area contributed by atoms with E-state index in [9.17, 15) is 0 Å². The number of benzene rings is 2. The van der Waals surface area contributed by atoms with Gasteiger partial charge in [0.1, 0.15) is 18.2 Å². The Hall–Kier alpha value is -3.12. The Labute approximate surface area is 159 Å². The monoisotopic (exact) mass is 355 g/mol. The molecule has 0 aliphatic carbocycles. The third-order valence-corrected chi connectivity index (χ3v) is 5.10. The van der Waals surface area contributed by atoms with Crippen molar-refractivity contribution in [3.05, 3.63) is 71.2 Å². The highest BCUT2D eigenvalue weighted by Crippen LogP contribution is 2.37. The maximum atomic E-state index is 7.60. The number of fused-ring (bicyclic) bond motifs is 3. The summed E-state index contributed by atoms with van der Waals surface area (Å²) in [7, 11) is 2.06. The van der Waals surface area contributed by atoms with Crippen LogP contribution in [0.4, 0.5) is 5.69 Å². The van der Waals surface area contributed by atoms with Gasteiger partial charge < -0.3 is 4.42 Å². The molecule has 0 atom stereocenters. The van der Waals surface area contributed by atoms with Crippen LogP contribution in [-0.4, -0.2) is 0 Å². The minimum atomic E-state index is 0.499. The molecule has 0 spiro atoms.